The molecule has 0 atom stereocenters. The molecule has 0 aromatic heterocycles. The number of carbonyl (C=O) groups excluding carboxylic acids is 1. The molecule has 2 aromatic carbocycles. The zero-order valence-corrected chi connectivity index (χ0v) is 16.4. The zero-order valence-electron chi connectivity index (χ0n) is 16.4. The number of rotatable bonds is 3. The van der Waals surface area contributed by atoms with Crippen molar-refractivity contribution in [2.45, 2.75) is 51.9 Å². The van der Waals surface area contributed by atoms with E-state index in [1.807, 2.05) is 18.2 Å². The number of ketones is 1. The van der Waals surface area contributed by atoms with Crippen LogP contribution in [-0.2, 0) is 11.2 Å². The Labute approximate surface area is 166 Å². The number of halogens is 1. The van der Waals surface area contributed by atoms with Gasteiger partial charge in [-0.1, -0.05) is 31.2 Å². The highest BCUT2D eigenvalue weighted by Crippen LogP contribution is 2.40. The first-order chi connectivity index (χ1) is 13.5. The molecule has 1 N–H and O–H groups in total. The zero-order chi connectivity index (χ0) is 19.7. The SMILES string of the molecule is CCc1ccc(-c2ccc(F)cc2)cc1C1=C(O)CC2CCC(CC2)CC1=O. The minimum Gasteiger partial charge on any atom is -0.512 e. The average molecular weight is 378 g/mol. The third-order valence-electron chi connectivity index (χ3n) is 6.43. The van der Waals surface area contributed by atoms with Gasteiger partial charge in [0.05, 0.1) is 5.57 Å². The largest absolute Gasteiger partial charge is 0.512 e. The van der Waals surface area contributed by atoms with Crippen molar-refractivity contribution in [2.24, 2.45) is 11.8 Å². The van der Waals surface area contributed by atoms with Gasteiger partial charge in [0, 0.05) is 12.8 Å². The summed E-state index contributed by atoms with van der Waals surface area (Å²) in [5.41, 5.74) is 4.25. The molecule has 0 amide bonds. The maximum Gasteiger partial charge on any atom is 0.167 e. The number of carbonyl (C=O) groups is 1. The summed E-state index contributed by atoms with van der Waals surface area (Å²) in [6.07, 6.45) is 6.29. The first kappa shape index (κ1) is 18.9. The minimum absolute atomic E-state index is 0.0657. The highest BCUT2D eigenvalue weighted by molar-refractivity contribution is 6.22. The van der Waals surface area contributed by atoms with Crippen molar-refractivity contribution in [3.63, 3.8) is 0 Å². The molecule has 0 aliphatic heterocycles. The molecule has 0 radical (unpaired) electrons. The van der Waals surface area contributed by atoms with Gasteiger partial charge >= 0.3 is 0 Å². The summed E-state index contributed by atoms with van der Waals surface area (Å²) < 4.78 is 13.3. The summed E-state index contributed by atoms with van der Waals surface area (Å²) in [6, 6.07) is 12.4. The van der Waals surface area contributed by atoms with Crippen LogP contribution in [0.25, 0.3) is 16.7 Å². The van der Waals surface area contributed by atoms with Crippen LogP contribution in [0.3, 0.4) is 0 Å². The second-order valence-electron chi connectivity index (χ2n) is 8.27. The number of hydrogen-bond donors (Lipinski definition) is 1. The number of allylic oxidation sites excluding steroid dienone is 2. The average Bonchev–Trinajstić information content (AvgIpc) is 2.79. The second-order valence-corrected chi connectivity index (χ2v) is 8.27. The molecule has 1 saturated carbocycles. The Morgan fingerprint density at radius 1 is 0.929 bits per heavy atom. The molecule has 3 heteroatoms. The molecule has 28 heavy (non-hydrogen) atoms. The quantitative estimate of drug-likeness (QED) is 0.662. The lowest BCUT2D eigenvalue weighted by molar-refractivity contribution is -0.114. The van der Waals surface area contributed by atoms with Crippen molar-refractivity contribution in [3.8, 4) is 11.1 Å². The van der Waals surface area contributed by atoms with Crippen LogP contribution in [-0.4, -0.2) is 10.9 Å². The highest BCUT2D eigenvalue weighted by atomic mass is 19.1. The topological polar surface area (TPSA) is 37.3 Å². The molecule has 2 nitrogen and oxygen atoms in total. The van der Waals surface area contributed by atoms with E-state index in [9.17, 15) is 14.3 Å². The third-order valence-corrected chi connectivity index (χ3v) is 6.43. The predicted octanol–water partition coefficient (Wildman–Crippen LogP) is 6.49. The van der Waals surface area contributed by atoms with Gasteiger partial charge in [0.15, 0.2) is 5.78 Å². The van der Waals surface area contributed by atoms with Gasteiger partial charge in [-0.2, -0.15) is 0 Å². The number of aryl methyl sites for hydroxylation is 1. The van der Waals surface area contributed by atoms with Crippen molar-refractivity contribution in [2.75, 3.05) is 0 Å². The first-order valence-corrected chi connectivity index (χ1v) is 10.4. The Morgan fingerprint density at radius 3 is 2.18 bits per heavy atom. The van der Waals surface area contributed by atoms with Gasteiger partial charge in [0.1, 0.15) is 11.6 Å². The molecule has 0 saturated heterocycles. The van der Waals surface area contributed by atoms with Gasteiger partial charge in [-0.15, -0.1) is 0 Å². The summed E-state index contributed by atoms with van der Waals surface area (Å²) >= 11 is 0. The lowest BCUT2D eigenvalue weighted by atomic mass is 9.79. The summed E-state index contributed by atoms with van der Waals surface area (Å²) in [5, 5.41) is 11.0. The van der Waals surface area contributed by atoms with Crippen LogP contribution in [0.2, 0.25) is 0 Å². The van der Waals surface area contributed by atoms with Gasteiger partial charge < -0.3 is 5.11 Å². The molecule has 2 bridgehead atoms. The smallest absolute Gasteiger partial charge is 0.167 e. The van der Waals surface area contributed by atoms with E-state index in [0.717, 1.165) is 54.4 Å². The van der Waals surface area contributed by atoms with Crippen LogP contribution in [0, 0.1) is 17.7 Å². The third kappa shape index (κ3) is 3.76. The standard InChI is InChI=1S/C25H27FO2/c1-2-18-7-8-20(19-9-11-21(26)12-10-19)15-22(18)25-23(27)13-16-3-4-17(6-5-16)14-24(25)28/h7-12,15-17,27H,2-6,13-14H2,1H3. The van der Waals surface area contributed by atoms with E-state index < -0.39 is 0 Å². The fourth-order valence-electron chi connectivity index (χ4n) is 4.79. The monoisotopic (exact) mass is 378 g/mol. The van der Waals surface area contributed by atoms with Gasteiger partial charge in [-0.25, -0.2) is 4.39 Å². The minimum atomic E-state index is -0.267. The lowest BCUT2D eigenvalue weighted by Crippen LogP contribution is -2.15. The number of fused-ring (bicyclic) bond motifs is 5. The van der Waals surface area contributed by atoms with Crippen molar-refractivity contribution < 1.29 is 14.3 Å². The number of aliphatic hydroxyl groups excluding tert-OH is 1. The summed E-state index contributed by atoms with van der Waals surface area (Å²) in [4.78, 5) is 13.2. The van der Waals surface area contributed by atoms with E-state index >= 15 is 0 Å². The van der Waals surface area contributed by atoms with Crippen molar-refractivity contribution in [3.05, 3.63) is 65.2 Å². The second kappa shape index (κ2) is 7.90. The maximum absolute atomic E-state index is 13.3. The Bertz CT molecular complexity index is 903. The van der Waals surface area contributed by atoms with Crippen molar-refractivity contribution in [1.29, 1.82) is 0 Å². The number of aliphatic hydroxyl groups is 1. The van der Waals surface area contributed by atoms with E-state index in [1.54, 1.807) is 12.1 Å². The van der Waals surface area contributed by atoms with Crippen LogP contribution in [0.1, 0.15) is 56.6 Å². The Morgan fingerprint density at radius 2 is 1.54 bits per heavy atom. The molecule has 5 rings (SSSR count). The van der Waals surface area contributed by atoms with E-state index in [0.29, 0.717) is 30.3 Å². The van der Waals surface area contributed by atoms with Crippen LogP contribution < -0.4 is 0 Å². The normalized spacial score (nSPS) is 22.7. The highest BCUT2D eigenvalue weighted by Gasteiger charge is 2.31. The van der Waals surface area contributed by atoms with Gasteiger partial charge in [0.25, 0.3) is 0 Å². The van der Waals surface area contributed by atoms with Crippen molar-refractivity contribution in [1.82, 2.24) is 0 Å². The first-order valence-electron chi connectivity index (χ1n) is 10.4. The fraction of sp³-hybridized carbons (Fsp3) is 0.400. The van der Waals surface area contributed by atoms with Crippen LogP contribution >= 0.6 is 0 Å². The summed E-state index contributed by atoms with van der Waals surface area (Å²) in [6.45, 7) is 2.07. The molecular formula is C25H27FO2. The molecule has 1 fully saturated rings. The Kier molecular flexibility index (Phi) is 5.34. The molecular weight excluding hydrogens is 351 g/mol. The molecule has 3 aliphatic rings. The van der Waals surface area contributed by atoms with E-state index in [1.165, 1.54) is 12.1 Å². The Hall–Kier alpha value is -2.42. The molecule has 0 spiro atoms. The molecule has 2 aromatic rings. The van der Waals surface area contributed by atoms with E-state index in [-0.39, 0.29) is 17.4 Å². The summed E-state index contributed by atoms with van der Waals surface area (Å²) in [7, 11) is 0. The fourth-order valence-corrected chi connectivity index (χ4v) is 4.79. The lowest BCUT2D eigenvalue weighted by Gasteiger charge is -2.26. The van der Waals surface area contributed by atoms with Crippen molar-refractivity contribution >= 4 is 11.4 Å². The molecule has 146 valence electrons. The van der Waals surface area contributed by atoms with Gasteiger partial charge in [0.2, 0.25) is 0 Å². The van der Waals surface area contributed by atoms with Gasteiger partial charge in [-0.05, 0) is 84.4 Å². The molecule has 0 heterocycles. The summed E-state index contributed by atoms with van der Waals surface area (Å²) in [5.74, 6) is 0.966. The van der Waals surface area contributed by atoms with Crippen LogP contribution in [0.15, 0.2) is 48.2 Å². The molecule has 3 aliphatic carbocycles. The van der Waals surface area contributed by atoms with Gasteiger partial charge in [-0.3, -0.25) is 4.79 Å². The maximum atomic E-state index is 13.3. The van der Waals surface area contributed by atoms with Crippen LogP contribution in [0.5, 0.6) is 0 Å². The predicted molar refractivity (Wildman–Crippen MR) is 110 cm³/mol. The number of Topliss-reactive ketones (excluding diaryl/α,β-unsaturated/α-hetero) is 1. The van der Waals surface area contributed by atoms with Crippen LogP contribution in [0.4, 0.5) is 4.39 Å². The van der Waals surface area contributed by atoms with E-state index in [2.05, 4.69) is 6.92 Å². The number of benzene rings is 2. The Balaban J connectivity index is 1.81. The molecule has 0 unspecified atom stereocenters. The van der Waals surface area contributed by atoms with E-state index in [4.69, 9.17) is 0 Å². The number of hydrogen-bond acceptors (Lipinski definition) is 2.